The number of imidazole rings is 2. The van der Waals surface area contributed by atoms with Crippen LogP contribution in [0, 0.1) is 44.8 Å². The molecule has 37 nitrogen and oxygen atoms in total. The Morgan fingerprint density at radius 1 is 0.532 bits per heavy atom. The number of halogens is 1. The topological polar surface area (TPSA) is 610 Å². The number of Topliss-reactive ketones (excluding diaryl/α,β-unsaturated/α-hetero) is 2. The number of nitrogens with one attached hydrogen (secondary N) is 5. The highest BCUT2D eigenvalue weighted by Gasteiger charge is 2.27. The second kappa shape index (κ2) is 53.6. The van der Waals surface area contributed by atoms with Crippen LogP contribution in [-0.4, -0.2) is 168 Å². The molecule has 0 bridgehead atoms. The number of nitrogens with two attached hydrogens (primary N) is 7. The number of aromatic nitrogens is 4. The van der Waals surface area contributed by atoms with Gasteiger partial charge in [-0.05, 0) is 131 Å². The van der Waals surface area contributed by atoms with Crippen LogP contribution in [0.5, 0.6) is 0 Å². The van der Waals surface area contributed by atoms with Crippen LogP contribution in [0.2, 0.25) is 0 Å². The molecule has 9 rings (SSSR count). The zero-order chi connectivity index (χ0) is 82.8. The first-order valence-electron chi connectivity index (χ1n) is 34.8. The molecule has 0 radical (unpaired) electrons. The number of aliphatic imine (C=N–C) groups is 3. The van der Waals surface area contributed by atoms with Gasteiger partial charge in [0.15, 0.2) is 11.6 Å². The zero-order valence-corrected chi connectivity index (χ0v) is 68.4. The third-order valence-electron chi connectivity index (χ3n) is 14.5. The van der Waals surface area contributed by atoms with Crippen LogP contribution in [-0.2, 0) is 69.2 Å². The van der Waals surface area contributed by atoms with Crippen molar-refractivity contribution in [1.29, 1.82) is 26.6 Å². The van der Waals surface area contributed by atoms with E-state index in [0.29, 0.717) is 94.3 Å². The maximum Gasteiger partial charge on any atom is 0.332 e. The van der Waals surface area contributed by atoms with Gasteiger partial charge in [-0.25, -0.2) is 27.1 Å². The lowest BCUT2D eigenvalue weighted by atomic mass is 10.0. The highest BCUT2D eigenvalue weighted by atomic mass is 79.9. The predicted octanol–water partition coefficient (Wildman–Crippen LogP) is 8.13. The van der Waals surface area contributed by atoms with E-state index in [1.54, 1.807) is 138 Å². The average Bonchev–Trinajstić information content (AvgIpc) is 1.67. The number of hydrazone groups is 1. The molecule has 2 aromatic heterocycles. The summed E-state index contributed by atoms with van der Waals surface area (Å²) in [6.45, 7) is 15.4. The Balaban J connectivity index is 0.000000439. The highest BCUT2D eigenvalue weighted by Crippen LogP contribution is 2.49. The lowest BCUT2D eigenvalue weighted by Gasteiger charge is -2.15. The van der Waals surface area contributed by atoms with E-state index >= 15 is 0 Å². The molecule has 4 aromatic carbocycles. The summed E-state index contributed by atoms with van der Waals surface area (Å²) in [5.41, 5.74) is 42.9. The maximum absolute atomic E-state index is 11.9. The minimum atomic E-state index is -3.61. The second-order valence-corrected chi connectivity index (χ2v) is 31.6. The van der Waals surface area contributed by atoms with Crippen molar-refractivity contribution in [2.24, 2.45) is 60.4 Å². The zero-order valence-electron chi connectivity index (χ0n) is 63.2. The minimum absolute atomic E-state index is 0.0369. The van der Waals surface area contributed by atoms with Gasteiger partial charge in [0.2, 0.25) is 23.8 Å². The van der Waals surface area contributed by atoms with Gasteiger partial charge in [0, 0.05) is 70.9 Å². The van der Waals surface area contributed by atoms with Gasteiger partial charge in [0.25, 0.3) is 0 Å². The maximum atomic E-state index is 11.9. The number of guanidine groups is 3. The number of ketones is 2. The Labute approximate surface area is 655 Å². The van der Waals surface area contributed by atoms with Crippen molar-refractivity contribution in [2.45, 2.75) is 87.0 Å². The summed E-state index contributed by atoms with van der Waals surface area (Å²) in [6, 6.07) is 29.8. The number of nitrogen functional groups attached to an aromatic ring is 1. The number of benzene rings is 4. The van der Waals surface area contributed by atoms with Crippen molar-refractivity contribution in [2.75, 3.05) is 97.1 Å². The van der Waals surface area contributed by atoms with Gasteiger partial charge in [0.05, 0.1) is 125 Å². The monoisotopic (exact) mass is 1680 g/mol. The number of carbonyl (C=O) groups excluding carboxylic acids is 2. The van der Waals surface area contributed by atoms with Gasteiger partial charge < -0.3 is 65.2 Å². The van der Waals surface area contributed by atoms with Crippen LogP contribution in [0.4, 0.5) is 0 Å². The van der Waals surface area contributed by atoms with Crippen molar-refractivity contribution in [3.63, 3.8) is 0 Å². The summed E-state index contributed by atoms with van der Waals surface area (Å²) < 4.78 is 85.7. The van der Waals surface area contributed by atoms with Gasteiger partial charge in [0.1, 0.15) is 24.6 Å². The molecule has 0 saturated heterocycles. The first-order valence-corrected chi connectivity index (χ1v) is 42.5. The summed E-state index contributed by atoms with van der Waals surface area (Å²) in [7, 11) is -12.5. The molecule has 20 N–H and O–H groups in total. The molecular formula is C69H102BrN23O14P4. The van der Waals surface area contributed by atoms with E-state index in [1.807, 2.05) is 42.5 Å². The van der Waals surface area contributed by atoms with Crippen molar-refractivity contribution in [1.82, 2.24) is 35.4 Å². The van der Waals surface area contributed by atoms with Crippen molar-refractivity contribution in [3.05, 3.63) is 176 Å². The Morgan fingerprint density at radius 2 is 0.919 bits per heavy atom. The van der Waals surface area contributed by atoms with Crippen LogP contribution in [0.25, 0.3) is 0 Å². The summed E-state index contributed by atoms with van der Waals surface area (Å²) in [5.74, 6) is 10.9. The fraction of sp³-hybridized carbons (Fsp3) is 0.406. The first kappa shape index (κ1) is 97.8. The molecule has 0 saturated carbocycles. The summed E-state index contributed by atoms with van der Waals surface area (Å²) in [6.07, 6.45) is 14.5. The molecule has 604 valence electrons. The fourth-order valence-electron chi connectivity index (χ4n) is 9.76. The van der Waals surface area contributed by atoms with Crippen LogP contribution in [0.1, 0.15) is 133 Å². The number of nitrogens with zero attached hydrogens (tertiary/aromatic N) is 11. The Hall–Kier alpha value is -9.31. The molecule has 3 aliphatic carbocycles. The van der Waals surface area contributed by atoms with Crippen molar-refractivity contribution in [3.8, 4) is 18.2 Å². The van der Waals surface area contributed by atoms with Crippen LogP contribution < -0.4 is 56.6 Å². The molecule has 111 heavy (non-hydrogen) atoms. The van der Waals surface area contributed by atoms with E-state index in [4.69, 9.17) is 98.6 Å². The van der Waals surface area contributed by atoms with E-state index in [9.17, 15) is 32.7 Å². The van der Waals surface area contributed by atoms with Crippen LogP contribution in [0.15, 0.2) is 141 Å². The van der Waals surface area contributed by atoms with E-state index in [-0.39, 0.29) is 80.0 Å². The number of hydrazine groups is 2. The SMILES string of the molecule is CCOP(=O)(CCN)OCC.CCOP(=O)(CCN=C(N)NN)OCC.CCOP(=O)(CCN=C(N)NN)OCC.CCOP(=O)(O)CCN=C(N)N/N=C1\CCc2c(C(=N)N)cccc21.N#Cc1cccc2c1CCC2=O.N#Cc1cccc2c1CCC2=O.N#Cc1ccccc1Br.N=C(n1ccnc1)n1ccnc1. The van der Waals surface area contributed by atoms with Crippen LogP contribution in [0.3, 0.4) is 0 Å². The number of nitriles is 3. The molecule has 2 heterocycles. The van der Waals surface area contributed by atoms with Gasteiger partial charge in [-0.1, -0.05) is 54.6 Å². The molecule has 0 spiro atoms. The smallest absolute Gasteiger partial charge is 0.332 e. The molecule has 1 atom stereocenters. The van der Waals surface area contributed by atoms with Crippen molar-refractivity contribution >= 4 is 93.3 Å². The number of hydrogen-bond donors (Lipinski definition) is 13. The molecule has 0 aliphatic heterocycles. The summed E-state index contributed by atoms with van der Waals surface area (Å²) >= 11 is 3.23. The highest BCUT2D eigenvalue weighted by molar-refractivity contribution is 9.10. The van der Waals surface area contributed by atoms with Crippen LogP contribution >= 0.6 is 46.3 Å². The molecule has 0 amide bonds. The van der Waals surface area contributed by atoms with Gasteiger partial charge in [-0.2, -0.15) is 20.9 Å². The normalized spacial score (nSPS) is 13.5. The van der Waals surface area contributed by atoms with E-state index in [0.717, 1.165) is 68.4 Å². The third kappa shape index (κ3) is 36.2. The largest absolute Gasteiger partial charge is 0.384 e. The lowest BCUT2D eigenvalue weighted by Crippen LogP contribution is -2.37. The number of carbonyl (C=O) groups is 2. The first-order chi connectivity index (χ1) is 53.0. The third-order valence-corrected chi connectivity index (χ3v) is 22.9. The van der Waals surface area contributed by atoms with Gasteiger partial charge in [-0.3, -0.25) is 73.6 Å². The van der Waals surface area contributed by atoms with Gasteiger partial charge >= 0.3 is 30.4 Å². The van der Waals surface area contributed by atoms with E-state index < -0.39 is 30.4 Å². The van der Waals surface area contributed by atoms with E-state index in [2.05, 4.69) is 74.4 Å². The number of hydrogen-bond acceptors (Lipinski definition) is 27. The molecule has 0 fully saturated rings. The summed E-state index contributed by atoms with van der Waals surface area (Å²) in [4.78, 5) is 51.2. The Morgan fingerprint density at radius 3 is 1.30 bits per heavy atom. The molecule has 1 unspecified atom stereocenters. The van der Waals surface area contributed by atoms with Gasteiger partial charge in [-0.15, -0.1) is 0 Å². The van der Waals surface area contributed by atoms with E-state index in [1.165, 1.54) is 0 Å². The molecule has 6 aromatic rings. The molecular weight excluding hydrogens is 1580 g/mol. The van der Waals surface area contributed by atoms with Crippen molar-refractivity contribution < 1.29 is 64.4 Å². The Kier molecular flexibility index (Phi) is 47.2. The average molecular weight is 1680 g/mol. The molecule has 42 heteroatoms. The minimum Gasteiger partial charge on any atom is -0.384 e. The summed E-state index contributed by atoms with van der Waals surface area (Å²) in [5, 5.41) is 45.4. The Bertz CT molecular complexity index is 4170. The standard InChI is InChI=1S/C15H23N6O3P.2C10H7NO.C7H4BrN.C7H7N5.2C7H19N4O3P.C6H16NO3P/c1-2-24-25(22,23)9-8-19-15(18)21-20-13-7-6-10-11(13)4-3-5-12(10)14(16)17;2*11-6-7-2-1-3-9-8(7)4-5-10(9)12;8-7-4-2-1-3-6(7)5-9;8-7(11-3-1-9-5-11)12-4-2-10-6-12;2*1-3-13-15(12,14-4-2)6-5-10-7(8)11-9;1-3-9-11(8,6-5-7)10-4-2/h3-5H,2,6-9H2,1H3,(H3,16,17)(H,22,23)(H3,18,19,21);2*1-3H,4-5H2;1-4H;1-6,8H;2*3-6,9H2,1-2H3,(H3,8,10,11);3-7H2,1-2H3/b20-13+;;;;;;;. The second-order valence-electron chi connectivity index (χ2n) is 22.2. The number of rotatable bonds is 27. The number of amidine groups is 1. The number of fused-ring (bicyclic) bond motifs is 3. The quantitative estimate of drug-likeness (QED) is 0.00760. The fourth-order valence-corrected chi connectivity index (χ4v) is 15.4. The predicted molar refractivity (Wildman–Crippen MR) is 432 cm³/mol. The molecule has 3 aliphatic rings. The lowest BCUT2D eigenvalue weighted by molar-refractivity contribution is 0.0986.